The van der Waals surface area contributed by atoms with Crippen molar-refractivity contribution in [3.05, 3.63) is 54.4 Å². The highest BCUT2D eigenvalue weighted by Gasteiger charge is 2.10. The van der Waals surface area contributed by atoms with Gasteiger partial charge in [0.1, 0.15) is 0 Å². The first-order valence-electron chi connectivity index (χ1n) is 7.85. The van der Waals surface area contributed by atoms with E-state index in [-0.39, 0.29) is 11.8 Å². The van der Waals surface area contributed by atoms with Crippen LogP contribution in [0.3, 0.4) is 0 Å². The van der Waals surface area contributed by atoms with Gasteiger partial charge >= 0.3 is 0 Å². The lowest BCUT2D eigenvalue weighted by Gasteiger charge is -2.19. The largest absolute Gasteiger partial charge is 0.326 e. The number of carbonyl (C=O) groups excluding carboxylic acids is 2. The number of anilines is 2. The van der Waals surface area contributed by atoms with Crippen LogP contribution < -0.4 is 10.6 Å². The number of hydrogen-bond acceptors (Lipinski definition) is 4. The number of nitrogens with zero attached hydrogens (tertiary/aromatic N) is 2. The Hall–Kier alpha value is -2.73. The molecule has 1 aromatic heterocycles. The SMILES string of the molecule is CCN(CC(=O)Nc1ccc(NC(C)=O)cc1)Cc1cccnc1. The van der Waals surface area contributed by atoms with Crippen molar-refractivity contribution in [2.45, 2.75) is 20.4 Å². The smallest absolute Gasteiger partial charge is 0.238 e. The number of nitrogens with one attached hydrogen (secondary N) is 2. The molecule has 0 saturated carbocycles. The molecule has 0 aliphatic carbocycles. The number of rotatable bonds is 7. The van der Waals surface area contributed by atoms with Gasteiger partial charge in [0.2, 0.25) is 11.8 Å². The van der Waals surface area contributed by atoms with E-state index in [1.807, 2.05) is 24.0 Å². The molecule has 24 heavy (non-hydrogen) atoms. The average molecular weight is 326 g/mol. The predicted octanol–water partition coefficient (Wildman–Crippen LogP) is 2.50. The molecule has 0 bridgehead atoms. The summed E-state index contributed by atoms with van der Waals surface area (Å²) < 4.78 is 0. The molecule has 2 aromatic rings. The van der Waals surface area contributed by atoms with Gasteiger partial charge in [0.15, 0.2) is 0 Å². The fraction of sp³-hybridized carbons (Fsp3) is 0.278. The van der Waals surface area contributed by atoms with Gasteiger partial charge in [0.25, 0.3) is 0 Å². The lowest BCUT2D eigenvalue weighted by atomic mass is 10.2. The van der Waals surface area contributed by atoms with E-state index in [1.54, 1.807) is 36.7 Å². The molecule has 2 rings (SSSR count). The van der Waals surface area contributed by atoms with Gasteiger partial charge in [-0.25, -0.2) is 0 Å². The molecule has 0 fully saturated rings. The Morgan fingerprint density at radius 3 is 2.29 bits per heavy atom. The van der Waals surface area contributed by atoms with Crippen molar-refractivity contribution in [2.24, 2.45) is 0 Å². The summed E-state index contributed by atoms with van der Waals surface area (Å²) in [5, 5.41) is 5.55. The summed E-state index contributed by atoms with van der Waals surface area (Å²) in [4.78, 5) is 29.3. The van der Waals surface area contributed by atoms with Gasteiger partial charge in [-0.1, -0.05) is 13.0 Å². The van der Waals surface area contributed by atoms with Crippen LogP contribution in [0.4, 0.5) is 11.4 Å². The maximum absolute atomic E-state index is 12.2. The molecular weight excluding hydrogens is 304 g/mol. The van der Waals surface area contributed by atoms with Crippen molar-refractivity contribution in [1.82, 2.24) is 9.88 Å². The van der Waals surface area contributed by atoms with Gasteiger partial charge in [-0.15, -0.1) is 0 Å². The Bertz CT molecular complexity index is 671. The Morgan fingerprint density at radius 1 is 1.08 bits per heavy atom. The molecule has 2 N–H and O–H groups in total. The van der Waals surface area contributed by atoms with E-state index in [0.29, 0.717) is 24.5 Å². The van der Waals surface area contributed by atoms with Crippen molar-refractivity contribution in [3.8, 4) is 0 Å². The monoisotopic (exact) mass is 326 g/mol. The van der Waals surface area contributed by atoms with Crippen LogP contribution in [-0.2, 0) is 16.1 Å². The molecule has 2 amide bonds. The summed E-state index contributed by atoms with van der Waals surface area (Å²) in [6.45, 7) is 5.23. The molecule has 0 radical (unpaired) electrons. The number of hydrogen-bond donors (Lipinski definition) is 2. The number of pyridine rings is 1. The van der Waals surface area contributed by atoms with Gasteiger partial charge < -0.3 is 10.6 Å². The third-order valence-electron chi connectivity index (χ3n) is 3.43. The molecule has 0 aliphatic heterocycles. The number of benzene rings is 1. The summed E-state index contributed by atoms with van der Waals surface area (Å²) in [6, 6.07) is 10.9. The average Bonchev–Trinajstić information content (AvgIpc) is 2.56. The second-order valence-corrected chi connectivity index (χ2v) is 5.47. The number of amides is 2. The molecule has 6 heteroatoms. The fourth-order valence-electron chi connectivity index (χ4n) is 2.27. The predicted molar refractivity (Wildman–Crippen MR) is 94.6 cm³/mol. The van der Waals surface area contributed by atoms with Crippen LogP contribution in [0, 0.1) is 0 Å². The lowest BCUT2D eigenvalue weighted by Crippen LogP contribution is -2.32. The maximum atomic E-state index is 12.2. The minimum absolute atomic E-state index is 0.0759. The third kappa shape index (κ3) is 5.81. The summed E-state index contributed by atoms with van der Waals surface area (Å²) in [6.07, 6.45) is 3.54. The molecule has 0 aliphatic rings. The molecule has 0 spiro atoms. The van der Waals surface area contributed by atoms with Crippen molar-refractivity contribution in [1.29, 1.82) is 0 Å². The topological polar surface area (TPSA) is 74.3 Å². The van der Waals surface area contributed by atoms with Crippen LogP contribution in [0.2, 0.25) is 0 Å². The molecule has 126 valence electrons. The van der Waals surface area contributed by atoms with Crippen LogP contribution in [0.1, 0.15) is 19.4 Å². The van der Waals surface area contributed by atoms with E-state index in [4.69, 9.17) is 0 Å². The van der Waals surface area contributed by atoms with E-state index in [1.165, 1.54) is 6.92 Å². The zero-order valence-corrected chi connectivity index (χ0v) is 14.0. The molecule has 0 unspecified atom stereocenters. The van der Waals surface area contributed by atoms with Crippen molar-refractivity contribution in [2.75, 3.05) is 23.7 Å². The van der Waals surface area contributed by atoms with Gasteiger partial charge in [0, 0.05) is 37.2 Å². The highest BCUT2D eigenvalue weighted by Crippen LogP contribution is 2.13. The summed E-state index contributed by atoms with van der Waals surface area (Å²) in [5.41, 5.74) is 2.48. The highest BCUT2D eigenvalue weighted by molar-refractivity contribution is 5.93. The molecule has 1 aromatic carbocycles. The van der Waals surface area contributed by atoms with Crippen molar-refractivity contribution < 1.29 is 9.59 Å². The Balaban J connectivity index is 1.88. The third-order valence-corrected chi connectivity index (χ3v) is 3.43. The normalized spacial score (nSPS) is 10.5. The first kappa shape index (κ1) is 17.6. The minimum atomic E-state index is -0.124. The molecule has 1 heterocycles. The van der Waals surface area contributed by atoms with E-state index in [0.717, 1.165) is 12.1 Å². The van der Waals surface area contributed by atoms with Crippen LogP contribution in [-0.4, -0.2) is 34.8 Å². The number of likely N-dealkylation sites (N-methyl/N-ethyl adjacent to an activating group) is 1. The summed E-state index contributed by atoms with van der Waals surface area (Å²) >= 11 is 0. The summed E-state index contributed by atoms with van der Waals surface area (Å²) in [7, 11) is 0. The van der Waals surface area contributed by atoms with E-state index in [2.05, 4.69) is 15.6 Å². The van der Waals surface area contributed by atoms with Crippen molar-refractivity contribution >= 4 is 23.2 Å². The molecular formula is C18H22N4O2. The second-order valence-electron chi connectivity index (χ2n) is 5.47. The second kappa shape index (κ2) is 8.79. The maximum Gasteiger partial charge on any atom is 0.238 e. The van der Waals surface area contributed by atoms with Crippen molar-refractivity contribution in [3.63, 3.8) is 0 Å². The number of aromatic nitrogens is 1. The molecule has 0 saturated heterocycles. The zero-order valence-electron chi connectivity index (χ0n) is 14.0. The van der Waals surface area contributed by atoms with Crippen LogP contribution in [0.25, 0.3) is 0 Å². The van der Waals surface area contributed by atoms with Gasteiger partial charge in [-0.3, -0.25) is 19.5 Å². The summed E-state index contributed by atoms with van der Waals surface area (Å²) in [5.74, 6) is -0.200. The Labute approximate surface area is 141 Å². The van der Waals surface area contributed by atoms with Crippen LogP contribution in [0.5, 0.6) is 0 Å². The van der Waals surface area contributed by atoms with Crippen LogP contribution >= 0.6 is 0 Å². The first-order valence-corrected chi connectivity index (χ1v) is 7.85. The van der Waals surface area contributed by atoms with E-state index in [9.17, 15) is 9.59 Å². The highest BCUT2D eigenvalue weighted by atomic mass is 16.2. The van der Waals surface area contributed by atoms with Gasteiger partial charge in [-0.2, -0.15) is 0 Å². The fourth-order valence-corrected chi connectivity index (χ4v) is 2.27. The Morgan fingerprint density at radius 2 is 1.75 bits per heavy atom. The molecule has 6 nitrogen and oxygen atoms in total. The zero-order chi connectivity index (χ0) is 17.4. The number of carbonyl (C=O) groups is 2. The lowest BCUT2D eigenvalue weighted by molar-refractivity contribution is -0.117. The minimum Gasteiger partial charge on any atom is -0.326 e. The molecule has 0 atom stereocenters. The van der Waals surface area contributed by atoms with Gasteiger partial charge in [-0.05, 0) is 42.4 Å². The van der Waals surface area contributed by atoms with Crippen LogP contribution in [0.15, 0.2) is 48.8 Å². The standard InChI is InChI=1S/C18H22N4O2/c1-3-22(12-15-5-4-10-19-11-15)13-18(24)21-17-8-6-16(7-9-17)20-14(2)23/h4-11H,3,12-13H2,1-2H3,(H,20,23)(H,21,24). The van der Waals surface area contributed by atoms with E-state index < -0.39 is 0 Å². The van der Waals surface area contributed by atoms with E-state index >= 15 is 0 Å². The van der Waals surface area contributed by atoms with Gasteiger partial charge in [0.05, 0.1) is 6.54 Å². The first-order chi connectivity index (χ1) is 11.6. The quantitative estimate of drug-likeness (QED) is 0.820. The Kier molecular flexibility index (Phi) is 6.45.